The summed E-state index contributed by atoms with van der Waals surface area (Å²) in [5.74, 6) is 0. The van der Waals surface area contributed by atoms with E-state index in [-0.39, 0.29) is 4.90 Å². The second-order valence-electron chi connectivity index (χ2n) is 7.08. The van der Waals surface area contributed by atoms with Crippen LogP contribution in [0.3, 0.4) is 0 Å². The molecule has 8 heteroatoms. The van der Waals surface area contributed by atoms with Crippen LogP contribution in [0.5, 0.6) is 0 Å². The van der Waals surface area contributed by atoms with E-state index in [1.807, 2.05) is 20.8 Å². The lowest BCUT2D eigenvalue weighted by Crippen LogP contribution is -2.27. The minimum atomic E-state index is -3.86. The number of hydrogen-bond donors (Lipinski definition) is 0. The first-order valence-electron chi connectivity index (χ1n) is 8.36. The van der Waals surface area contributed by atoms with E-state index in [0.717, 1.165) is 0 Å². The number of rotatable bonds is 4. The number of benzene rings is 1. The van der Waals surface area contributed by atoms with E-state index in [2.05, 4.69) is 9.38 Å². The molecular formula is C19H21N3O3S2. The van der Waals surface area contributed by atoms with E-state index >= 15 is 0 Å². The van der Waals surface area contributed by atoms with Crippen molar-refractivity contribution < 1.29 is 13.0 Å². The molecule has 3 aromatic rings. The molecule has 2 heterocycles. The SMILES string of the molecule is C/C(=N\[S@+]([O-])C(C)(C)C)c1cc2cnccc2n1S(=O)(=O)c1ccccc1. The zero-order valence-electron chi connectivity index (χ0n) is 15.6. The van der Waals surface area contributed by atoms with Crippen molar-refractivity contribution in [1.82, 2.24) is 8.96 Å². The summed E-state index contributed by atoms with van der Waals surface area (Å²) < 4.78 is 44.1. The highest BCUT2D eigenvalue weighted by molar-refractivity contribution is 7.91. The Morgan fingerprint density at radius 3 is 2.48 bits per heavy atom. The zero-order valence-corrected chi connectivity index (χ0v) is 17.2. The molecule has 0 saturated heterocycles. The molecule has 27 heavy (non-hydrogen) atoms. The third-order valence-electron chi connectivity index (χ3n) is 3.95. The Morgan fingerprint density at radius 1 is 1.19 bits per heavy atom. The third kappa shape index (κ3) is 3.78. The first-order chi connectivity index (χ1) is 12.6. The van der Waals surface area contributed by atoms with Crippen molar-refractivity contribution in [1.29, 1.82) is 0 Å². The van der Waals surface area contributed by atoms with Crippen LogP contribution in [0, 0.1) is 0 Å². The molecule has 3 rings (SSSR count). The maximum atomic E-state index is 13.3. The van der Waals surface area contributed by atoms with E-state index in [9.17, 15) is 13.0 Å². The first-order valence-corrected chi connectivity index (χ1v) is 10.9. The number of hydrogen-bond acceptors (Lipinski definition) is 5. The average Bonchev–Trinajstić information content (AvgIpc) is 3.02. The van der Waals surface area contributed by atoms with Crippen LogP contribution in [0.2, 0.25) is 0 Å². The second-order valence-corrected chi connectivity index (χ2v) is 10.8. The van der Waals surface area contributed by atoms with Gasteiger partial charge in [0.15, 0.2) is 0 Å². The molecular weight excluding hydrogens is 382 g/mol. The minimum absolute atomic E-state index is 0.172. The molecule has 0 N–H and O–H groups in total. The molecule has 0 bridgehead atoms. The molecule has 6 nitrogen and oxygen atoms in total. The topological polar surface area (TPSA) is 87.4 Å². The summed E-state index contributed by atoms with van der Waals surface area (Å²) >= 11 is -1.50. The third-order valence-corrected chi connectivity index (χ3v) is 7.18. The lowest BCUT2D eigenvalue weighted by Gasteiger charge is -2.19. The lowest BCUT2D eigenvalue weighted by atomic mass is 10.3. The van der Waals surface area contributed by atoms with Gasteiger partial charge in [0.05, 0.1) is 16.1 Å². The predicted molar refractivity (Wildman–Crippen MR) is 109 cm³/mol. The summed E-state index contributed by atoms with van der Waals surface area (Å²) in [6.45, 7) is 7.13. The van der Waals surface area contributed by atoms with Gasteiger partial charge in [0.25, 0.3) is 10.0 Å². The molecule has 0 aliphatic heterocycles. The molecule has 0 aliphatic carbocycles. The van der Waals surface area contributed by atoms with Crippen LogP contribution < -0.4 is 0 Å². The van der Waals surface area contributed by atoms with Crippen LogP contribution in [0.1, 0.15) is 33.4 Å². The Hall–Kier alpha value is -2.16. The minimum Gasteiger partial charge on any atom is -0.591 e. The molecule has 2 aromatic heterocycles. The quantitative estimate of drug-likeness (QED) is 0.492. The molecule has 142 valence electrons. The molecule has 0 spiro atoms. The number of pyridine rings is 1. The van der Waals surface area contributed by atoms with Crippen molar-refractivity contribution in [3.05, 3.63) is 60.6 Å². The van der Waals surface area contributed by atoms with Gasteiger partial charge >= 0.3 is 0 Å². The Kier molecular flexibility index (Phi) is 5.16. The lowest BCUT2D eigenvalue weighted by molar-refractivity contribution is 0.561. The summed E-state index contributed by atoms with van der Waals surface area (Å²) in [5, 5.41) is 0.670. The first kappa shape index (κ1) is 19.6. The fourth-order valence-electron chi connectivity index (χ4n) is 2.55. The Balaban J connectivity index is 2.27. The van der Waals surface area contributed by atoms with Crippen molar-refractivity contribution in [2.24, 2.45) is 4.40 Å². The molecule has 0 fully saturated rings. The molecule has 0 radical (unpaired) electrons. The normalized spacial score (nSPS) is 14.5. The number of fused-ring (bicyclic) bond motifs is 1. The summed E-state index contributed by atoms with van der Waals surface area (Å²) in [7, 11) is -3.86. The van der Waals surface area contributed by atoms with Crippen LogP contribution in [0.15, 0.2) is 64.2 Å². The van der Waals surface area contributed by atoms with Gasteiger partial charge in [0.1, 0.15) is 21.8 Å². The van der Waals surface area contributed by atoms with Gasteiger partial charge in [-0.25, -0.2) is 12.4 Å². The summed E-state index contributed by atoms with van der Waals surface area (Å²) in [6, 6.07) is 11.6. The Bertz CT molecular complexity index is 1100. The molecule has 1 aromatic carbocycles. The van der Waals surface area contributed by atoms with E-state index in [0.29, 0.717) is 22.3 Å². The van der Waals surface area contributed by atoms with Gasteiger partial charge in [0.2, 0.25) is 0 Å². The number of nitrogens with zero attached hydrogens (tertiary/aromatic N) is 3. The molecule has 0 aliphatic rings. The summed E-state index contributed by atoms with van der Waals surface area (Å²) in [4.78, 5) is 4.25. The van der Waals surface area contributed by atoms with Gasteiger partial charge in [-0.1, -0.05) is 22.6 Å². The van der Waals surface area contributed by atoms with Gasteiger partial charge in [0, 0.05) is 17.8 Å². The standard InChI is InChI=1S/C19H21N3O3S2/c1-14(21-26(23)19(2,3)4)18-12-15-13-20-11-10-17(15)22(18)27(24,25)16-8-6-5-7-9-16/h5-13H,1-4H3/b21-14+/t26-/m1/s1. The van der Waals surface area contributed by atoms with Gasteiger partial charge in [-0.15, -0.1) is 0 Å². The van der Waals surface area contributed by atoms with Crippen molar-refractivity contribution in [2.75, 3.05) is 0 Å². The highest BCUT2D eigenvalue weighted by Crippen LogP contribution is 2.27. The van der Waals surface area contributed by atoms with Crippen LogP contribution in [0.4, 0.5) is 0 Å². The smallest absolute Gasteiger partial charge is 0.268 e. The van der Waals surface area contributed by atoms with Crippen molar-refractivity contribution in [3.63, 3.8) is 0 Å². The fourth-order valence-corrected chi connectivity index (χ4v) is 4.74. The summed E-state index contributed by atoms with van der Waals surface area (Å²) in [6.07, 6.45) is 3.15. The van der Waals surface area contributed by atoms with Gasteiger partial charge < -0.3 is 4.55 Å². The highest BCUT2D eigenvalue weighted by atomic mass is 32.2. The molecule has 1 atom stereocenters. The Morgan fingerprint density at radius 2 is 1.85 bits per heavy atom. The monoisotopic (exact) mass is 403 g/mol. The highest BCUT2D eigenvalue weighted by Gasteiger charge is 2.29. The van der Waals surface area contributed by atoms with Crippen LogP contribution in [-0.4, -0.2) is 32.4 Å². The molecule has 0 amide bonds. The average molecular weight is 404 g/mol. The molecule has 0 saturated carbocycles. The van der Waals surface area contributed by atoms with E-state index in [1.54, 1.807) is 61.8 Å². The van der Waals surface area contributed by atoms with Crippen molar-refractivity contribution >= 4 is 38.0 Å². The van der Waals surface area contributed by atoms with Gasteiger partial charge in [-0.05, 0) is 52.0 Å². The Labute approximate surface area is 162 Å². The predicted octanol–water partition coefficient (Wildman–Crippen LogP) is 3.54. The zero-order chi connectivity index (χ0) is 19.8. The number of aromatic nitrogens is 2. The van der Waals surface area contributed by atoms with E-state index in [1.165, 1.54) is 3.97 Å². The van der Waals surface area contributed by atoms with Gasteiger partial charge in [-0.2, -0.15) is 0 Å². The molecule has 0 unspecified atom stereocenters. The van der Waals surface area contributed by atoms with Crippen LogP contribution in [-0.2, 0) is 21.4 Å². The van der Waals surface area contributed by atoms with Crippen molar-refractivity contribution in [2.45, 2.75) is 37.3 Å². The van der Waals surface area contributed by atoms with Crippen LogP contribution >= 0.6 is 0 Å². The van der Waals surface area contributed by atoms with Crippen LogP contribution in [0.25, 0.3) is 10.9 Å². The maximum absolute atomic E-state index is 13.3. The second kappa shape index (κ2) is 7.10. The van der Waals surface area contributed by atoms with Crippen molar-refractivity contribution in [3.8, 4) is 0 Å². The fraction of sp³-hybridized carbons (Fsp3) is 0.263. The van der Waals surface area contributed by atoms with E-state index < -0.39 is 26.1 Å². The van der Waals surface area contributed by atoms with Gasteiger partial charge in [-0.3, -0.25) is 4.98 Å². The summed E-state index contributed by atoms with van der Waals surface area (Å²) in [5.41, 5.74) is 1.26. The maximum Gasteiger partial charge on any atom is 0.268 e. The van der Waals surface area contributed by atoms with E-state index in [4.69, 9.17) is 0 Å². The largest absolute Gasteiger partial charge is 0.591 e.